The molecule has 6 aromatic rings. The van der Waals surface area contributed by atoms with Crippen molar-refractivity contribution in [3.63, 3.8) is 0 Å². The van der Waals surface area contributed by atoms with Gasteiger partial charge in [-0.05, 0) is 67.4 Å². The molecule has 3 aromatic heterocycles. The second-order valence-corrected chi connectivity index (χ2v) is 12.0. The Morgan fingerprint density at radius 2 is 1.88 bits per heavy atom. The first-order valence-corrected chi connectivity index (χ1v) is 14.7. The van der Waals surface area contributed by atoms with Gasteiger partial charge in [0.05, 0.1) is 28.1 Å². The quantitative estimate of drug-likeness (QED) is 0.252. The summed E-state index contributed by atoms with van der Waals surface area (Å²) in [6.07, 6.45) is 1.75. The Balaban J connectivity index is 1.09. The molecule has 0 aliphatic carbocycles. The van der Waals surface area contributed by atoms with E-state index in [2.05, 4.69) is 29.5 Å². The number of para-hydroxylation sites is 1. The number of amides is 1. The van der Waals surface area contributed by atoms with E-state index in [4.69, 9.17) is 9.97 Å². The first kappa shape index (κ1) is 24.7. The summed E-state index contributed by atoms with van der Waals surface area (Å²) in [6.45, 7) is 4.08. The Morgan fingerprint density at radius 1 is 1.05 bits per heavy atom. The van der Waals surface area contributed by atoms with E-state index in [1.807, 2.05) is 61.5 Å². The summed E-state index contributed by atoms with van der Waals surface area (Å²) in [5, 5.41) is 9.45. The van der Waals surface area contributed by atoms with E-state index >= 15 is 0 Å². The lowest BCUT2D eigenvalue weighted by Gasteiger charge is -2.14. The molecule has 0 bridgehead atoms. The Kier molecular flexibility index (Phi) is 6.01. The number of nitrogens with one attached hydrogen (secondary N) is 1. The van der Waals surface area contributed by atoms with Gasteiger partial charge in [0.1, 0.15) is 10.4 Å². The number of thiazole rings is 1. The summed E-state index contributed by atoms with van der Waals surface area (Å²) in [7, 11) is 0. The largest absolute Gasteiger partial charge is 0.326 e. The van der Waals surface area contributed by atoms with Gasteiger partial charge in [0.15, 0.2) is 10.8 Å². The molecule has 0 radical (unpaired) electrons. The summed E-state index contributed by atoms with van der Waals surface area (Å²) < 4.78 is 4.52. The maximum Gasteiger partial charge on any atom is 0.265 e. The molecule has 8 nitrogen and oxygen atoms in total. The molecule has 3 aromatic carbocycles. The highest BCUT2D eigenvalue weighted by Crippen LogP contribution is 2.34. The number of fused-ring (bicyclic) bond motifs is 3. The average molecular weight is 565 g/mol. The lowest BCUT2D eigenvalue weighted by atomic mass is 10.2. The van der Waals surface area contributed by atoms with Crippen LogP contribution in [-0.2, 0) is 4.79 Å². The molecule has 0 fully saturated rings. The van der Waals surface area contributed by atoms with Crippen LogP contribution in [0, 0.1) is 13.8 Å². The van der Waals surface area contributed by atoms with Gasteiger partial charge >= 0.3 is 0 Å². The number of nitrogens with zero attached hydrogens (tertiary/aromatic N) is 5. The topological polar surface area (TPSA) is 94.7 Å². The molecule has 198 valence electrons. The van der Waals surface area contributed by atoms with Gasteiger partial charge in [-0.1, -0.05) is 36.0 Å². The van der Waals surface area contributed by atoms with E-state index in [1.165, 1.54) is 17.3 Å². The fourth-order valence-electron chi connectivity index (χ4n) is 5.04. The van der Waals surface area contributed by atoms with E-state index in [9.17, 15) is 9.59 Å². The minimum Gasteiger partial charge on any atom is -0.326 e. The van der Waals surface area contributed by atoms with Gasteiger partial charge in [0.2, 0.25) is 5.91 Å². The Bertz CT molecular complexity index is 1990. The van der Waals surface area contributed by atoms with E-state index in [0.29, 0.717) is 27.6 Å². The highest BCUT2D eigenvalue weighted by molar-refractivity contribution is 7.99. The summed E-state index contributed by atoms with van der Waals surface area (Å²) >= 11 is 3.15. The number of carbonyl (C=O) groups excluding carboxylic acids is 1. The number of carbonyl (C=O) groups is 1. The van der Waals surface area contributed by atoms with Crippen molar-refractivity contribution in [3.05, 3.63) is 94.4 Å². The molecule has 0 saturated heterocycles. The number of aromatic nitrogens is 5. The minimum atomic E-state index is -0.281. The normalized spacial score (nSPS) is 14.6. The molecule has 1 unspecified atom stereocenters. The zero-order chi connectivity index (χ0) is 27.4. The van der Waals surface area contributed by atoms with Gasteiger partial charge in [-0.25, -0.2) is 14.6 Å². The maximum atomic E-state index is 13.5. The molecule has 1 atom stereocenters. The molecular formula is C30H24N6O2S2. The lowest BCUT2D eigenvalue weighted by molar-refractivity contribution is -0.116. The van der Waals surface area contributed by atoms with E-state index in [-0.39, 0.29) is 23.9 Å². The van der Waals surface area contributed by atoms with Crippen LogP contribution in [0.4, 0.5) is 5.69 Å². The van der Waals surface area contributed by atoms with Crippen molar-refractivity contribution in [2.75, 3.05) is 11.1 Å². The van der Waals surface area contributed by atoms with Crippen LogP contribution in [0.5, 0.6) is 0 Å². The maximum absolute atomic E-state index is 13.5. The van der Waals surface area contributed by atoms with Crippen LogP contribution >= 0.6 is 23.1 Å². The van der Waals surface area contributed by atoms with Crippen LogP contribution in [-0.4, -0.2) is 36.0 Å². The zero-order valence-electron chi connectivity index (χ0n) is 21.8. The van der Waals surface area contributed by atoms with Gasteiger partial charge in [-0.2, -0.15) is 5.10 Å². The number of rotatable bonds is 5. The summed E-state index contributed by atoms with van der Waals surface area (Å²) in [6, 6.07) is 21.6. The smallest absolute Gasteiger partial charge is 0.265 e. The average Bonchev–Trinajstić information content (AvgIpc) is 3.67. The molecule has 1 aliphatic heterocycles. The molecular weight excluding hydrogens is 541 g/mol. The third-order valence-corrected chi connectivity index (χ3v) is 9.26. The van der Waals surface area contributed by atoms with E-state index in [1.54, 1.807) is 26.8 Å². The van der Waals surface area contributed by atoms with Crippen molar-refractivity contribution in [1.29, 1.82) is 0 Å². The SMILES string of the molecule is Cc1ccc2nc(-c3ccc(NC(=O)CC4CSc5nc6c(cnn6-c6ccccc6C)c(=O)n54)cc3)sc2c1. The zero-order valence-corrected chi connectivity index (χ0v) is 23.4. The molecule has 7 rings (SSSR count). The second kappa shape index (κ2) is 9.72. The van der Waals surface area contributed by atoms with Crippen molar-refractivity contribution in [3.8, 4) is 16.3 Å². The molecule has 1 aliphatic rings. The number of aryl methyl sites for hydroxylation is 2. The Hall–Kier alpha value is -4.28. The van der Waals surface area contributed by atoms with Crippen molar-refractivity contribution in [2.45, 2.75) is 31.5 Å². The highest BCUT2D eigenvalue weighted by Gasteiger charge is 2.29. The first-order valence-electron chi connectivity index (χ1n) is 12.9. The van der Waals surface area contributed by atoms with Gasteiger partial charge in [0, 0.05) is 23.4 Å². The number of hydrogen-bond acceptors (Lipinski definition) is 7. The standard InChI is InChI=1S/C30H24N6O2S2/c1-17-7-12-23-25(13-17)40-28(33-23)19-8-10-20(11-9-19)32-26(37)14-21-16-39-30-34-27-22(29(38)35(21)30)15-31-36(27)24-6-4-3-5-18(24)2/h3-13,15,21H,14,16H2,1-2H3,(H,32,37). The van der Waals surface area contributed by atoms with Crippen LogP contribution in [0.1, 0.15) is 23.6 Å². The van der Waals surface area contributed by atoms with Crippen molar-refractivity contribution < 1.29 is 4.79 Å². The summed E-state index contributed by atoms with van der Waals surface area (Å²) in [5.41, 5.74) is 6.20. The van der Waals surface area contributed by atoms with E-state index in [0.717, 1.165) is 32.0 Å². The summed E-state index contributed by atoms with van der Waals surface area (Å²) in [4.78, 5) is 36.0. The fraction of sp³-hybridized carbons (Fsp3) is 0.167. The first-order chi connectivity index (χ1) is 19.4. The lowest BCUT2D eigenvalue weighted by Crippen LogP contribution is -2.27. The molecule has 0 saturated carbocycles. The van der Waals surface area contributed by atoms with Crippen LogP contribution < -0.4 is 10.9 Å². The Labute approximate surface area is 237 Å². The van der Waals surface area contributed by atoms with Gasteiger partial charge in [0.25, 0.3) is 5.56 Å². The van der Waals surface area contributed by atoms with Gasteiger partial charge in [-0.3, -0.25) is 14.2 Å². The minimum absolute atomic E-state index is 0.149. The predicted octanol–water partition coefficient (Wildman–Crippen LogP) is 6.15. The monoisotopic (exact) mass is 564 g/mol. The number of anilines is 1. The molecule has 40 heavy (non-hydrogen) atoms. The third-order valence-electron chi connectivity index (χ3n) is 7.09. The van der Waals surface area contributed by atoms with Crippen LogP contribution in [0.3, 0.4) is 0 Å². The second-order valence-electron chi connectivity index (χ2n) is 9.93. The Morgan fingerprint density at radius 3 is 2.70 bits per heavy atom. The highest BCUT2D eigenvalue weighted by atomic mass is 32.2. The van der Waals surface area contributed by atoms with Crippen molar-refractivity contribution >= 4 is 55.9 Å². The van der Waals surface area contributed by atoms with Crippen molar-refractivity contribution in [1.82, 2.24) is 24.3 Å². The van der Waals surface area contributed by atoms with Crippen LogP contribution in [0.25, 0.3) is 37.5 Å². The molecule has 4 heterocycles. The number of benzene rings is 3. The van der Waals surface area contributed by atoms with Crippen molar-refractivity contribution in [2.24, 2.45) is 0 Å². The fourth-order valence-corrected chi connectivity index (χ4v) is 7.24. The van der Waals surface area contributed by atoms with Crippen LogP contribution in [0.2, 0.25) is 0 Å². The van der Waals surface area contributed by atoms with Crippen LogP contribution in [0.15, 0.2) is 82.9 Å². The molecule has 10 heteroatoms. The number of thioether (sulfide) groups is 1. The van der Waals surface area contributed by atoms with E-state index < -0.39 is 0 Å². The molecule has 1 amide bonds. The van der Waals surface area contributed by atoms with Gasteiger partial charge in [-0.15, -0.1) is 11.3 Å². The number of hydrogen-bond donors (Lipinski definition) is 1. The molecule has 1 N–H and O–H groups in total. The summed E-state index contributed by atoms with van der Waals surface area (Å²) in [5.74, 6) is 0.458. The predicted molar refractivity (Wildman–Crippen MR) is 161 cm³/mol. The van der Waals surface area contributed by atoms with Gasteiger partial charge < -0.3 is 5.32 Å². The third kappa shape index (κ3) is 4.29. The molecule has 0 spiro atoms.